The van der Waals surface area contributed by atoms with Crippen molar-refractivity contribution in [2.45, 2.75) is 26.3 Å². The normalized spacial score (nSPS) is 12.5. The molecule has 4 heteroatoms. The van der Waals surface area contributed by atoms with Crippen molar-refractivity contribution in [3.63, 3.8) is 0 Å². The van der Waals surface area contributed by atoms with Crippen molar-refractivity contribution in [3.8, 4) is 0 Å². The lowest BCUT2D eigenvalue weighted by Crippen LogP contribution is -2.41. The Balaban J connectivity index is 2.81. The van der Waals surface area contributed by atoms with Crippen LogP contribution >= 0.6 is 0 Å². The summed E-state index contributed by atoms with van der Waals surface area (Å²) >= 11 is 0. The van der Waals surface area contributed by atoms with E-state index in [1.54, 1.807) is 0 Å². The van der Waals surface area contributed by atoms with Crippen molar-refractivity contribution < 1.29 is 9.90 Å². The molecule has 0 aromatic heterocycles. The van der Waals surface area contributed by atoms with Crippen LogP contribution < -0.4 is 10.6 Å². The number of benzene rings is 1. The molecule has 1 amide bonds. The molecule has 0 aliphatic carbocycles. The summed E-state index contributed by atoms with van der Waals surface area (Å²) in [5.41, 5.74) is 1.71. The van der Waals surface area contributed by atoms with Gasteiger partial charge in [0.2, 0.25) is 0 Å². The molecule has 0 spiro atoms. The topological polar surface area (TPSA) is 61.4 Å². The predicted octanol–water partition coefficient (Wildman–Crippen LogP) is 1.20. The first-order valence-electron chi connectivity index (χ1n) is 6.74. The van der Waals surface area contributed by atoms with Crippen LogP contribution in [0.15, 0.2) is 24.3 Å². The van der Waals surface area contributed by atoms with Crippen LogP contribution in [0.5, 0.6) is 0 Å². The quantitative estimate of drug-likeness (QED) is 0.693. The van der Waals surface area contributed by atoms with Crippen LogP contribution in [0.25, 0.3) is 0 Å². The zero-order chi connectivity index (χ0) is 14.3. The molecule has 106 valence electrons. The minimum atomic E-state index is -0.204. The Morgan fingerprint density at radius 3 is 2.58 bits per heavy atom. The minimum Gasteiger partial charge on any atom is -0.394 e. The van der Waals surface area contributed by atoms with Gasteiger partial charge in [0.25, 0.3) is 5.91 Å². The molecule has 0 heterocycles. The third-order valence-electron chi connectivity index (χ3n) is 3.22. The van der Waals surface area contributed by atoms with E-state index in [1.165, 1.54) is 0 Å². The van der Waals surface area contributed by atoms with Crippen LogP contribution in [0.3, 0.4) is 0 Å². The van der Waals surface area contributed by atoms with Crippen molar-refractivity contribution >= 4 is 5.91 Å². The number of carbonyl (C=O) groups excluding carboxylic acids is 1. The fourth-order valence-corrected chi connectivity index (χ4v) is 1.89. The Kier molecular flexibility index (Phi) is 6.53. The first-order valence-corrected chi connectivity index (χ1v) is 6.74. The molecule has 4 nitrogen and oxygen atoms in total. The molecule has 1 aromatic rings. The highest BCUT2D eigenvalue weighted by molar-refractivity contribution is 5.95. The van der Waals surface area contributed by atoms with Gasteiger partial charge in [-0.1, -0.05) is 32.0 Å². The van der Waals surface area contributed by atoms with E-state index in [0.717, 1.165) is 18.5 Å². The van der Waals surface area contributed by atoms with Crippen molar-refractivity contribution in [2.24, 2.45) is 5.92 Å². The van der Waals surface area contributed by atoms with Gasteiger partial charge in [-0.25, -0.2) is 0 Å². The average molecular weight is 264 g/mol. The number of aliphatic hydroxyl groups is 1. The third kappa shape index (κ3) is 4.65. The minimum absolute atomic E-state index is 0.0396. The van der Waals surface area contributed by atoms with E-state index in [4.69, 9.17) is 0 Å². The smallest absolute Gasteiger partial charge is 0.251 e. The molecule has 0 saturated heterocycles. The Morgan fingerprint density at radius 1 is 1.32 bits per heavy atom. The first-order chi connectivity index (χ1) is 9.10. The van der Waals surface area contributed by atoms with E-state index in [1.807, 2.05) is 45.2 Å². The van der Waals surface area contributed by atoms with Crippen LogP contribution in [0, 0.1) is 5.92 Å². The van der Waals surface area contributed by atoms with Gasteiger partial charge < -0.3 is 15.7 Å². The molecule has 1 unspecified atom stereocenters. The zero-order valence-corrected chi connectivity index (χ0v) is 11.9. The number of aliphatic hydroxyl groups excluding tert-OH is 1. The Labute approximate surface area is 115 Å². The van der Waals surface area contributed by atoms with Crippen LogP contribution in [-0.2, 0) is 6.42 Å². The van der Waals surface area contributed by atoms with Gasteiger partial charge in [-0.05, 0) is 37.6 Å². The van der Waals surface area contributed by atoms with Gasteiger partial charge in [-0.3, -0.25) is 4.79 Å². The van der Waals surface area contributed by atoms with Crippen molar-refractivity contribution in [3.05, 3.63) is 35.4 Å². The van der Waals surface area contributed by atoms with E-state index in [9.17, 15) is 9.90 Å². The molecule has 0 fully saturated rings. The van der Waals surface area contributed by atoms with E-state index in [-0.39, 0.29) is 24.5 Å². The molecule has 0 saturated carbocycles. The number of hydrogen-bond acceptors (Lipinski definition) is 3. The summed E-state index contributed by atoms with van der Waals surface area (Å²) in [4.78, 5) is 12.3. The van der Waals surface area contributed by atoms with Gasteiger partial charge in [0, 0.05) is 5.56 Å². The monoisotopic (exact) mass is 264 g/mol. The maximum absolute atomic E-state index is 12.3. The van der Waals surface area contributed by atoms with Gasteiger partial charge in [-0.15, -0.1) is 0 Å². The maximum atomic E-state index is 12.3. The maximum Gasteiger partial charge on any atom is 0.251 e. The Morgan fingerprint density at radius 2 is 2.00 bits per heavy atom. The number of hydrogen-bond donors (Lipinski definition) is 3. The van der Waals surface area contributed by atoms with Gasteiger partial charge >= 0.3 is 0 Å². The summed E-state index contributed by atoms with van der Waals surface area (Å²) in [6.07, 6.45) is 0.811. The molecule has 0 aliphatic rings. The van der Waals surface area contributed by atoms with Gasteiger partial charge in [0.15, 0.2) is 0 Å². The lowest BCUT2D eigenvalue weighted by Gasteiger charge is -2.20. The van der Waals surface area contributed by atoms with Crippen molar-refractivity contribution in [2.75, 3.05) is 20.2 Å². The molecule has 0 radical (unpaired) electrons. The lowest BCUT2D eigenvalue weighted by atomic mass is 10.0. The molecule has 19 heavy (non-hydrogen) atoms. The van der Waals surface area contributed by atoms with Gasteiger partial charge in [0.05, 0.1) is 12.6 Å². The second-order valence-electron chi connectivity index (χ2n) is 5.02. The Hall–Kier alpha value is -1.39. The fourth-order valence-electron chi connectivity index (χ4n) is 1.89. The van der Waals surface area contributed by atoms with E-state index >= 15 is 0 Å². The van der Waals surface area contributed by atoms with Crippen LogP contribution in [0.1, 0.15) is 29.8 Å². The SMILES string of the molecule is CNCCc1ccccc1C(=O)NC(CO)C(C)C. The molecular formula is C15H24N2O2. The number of carbonyl (C=O) groups is 1. The van der Waals surface area contributed by atoms with E-state index in [2.05, 4.69) is 10.6 Å². The molecule has 1 atom stereocenters. The highest BCUT2D eigenvalue weighted by Gasteiger charge is 2.17. The largest absolute Gasteiger partial charge is 0.394 e. The summed E-state index contributed by atoms with van der Waals surface area (Å²) in [7, 11) is 1.89. The first kappa shape index (κ1) is 15.7. The van der Waals surface area contributed by atoms with Crippen LogP contribution in [0.4, 0.5) is 0 Å². The van der Waals surface area contributed by atoms with Crippen LogP contribution in [0.2, 0.25) is 0 Å². The molecule has 1 rings (SSSR count). The number of amides is 1. The molecular weight excluding hydrogens is 240 g/mol. The highest BCUT2D eigenvalue weighted by Crippen LogP contribution is 2.11. The van der Waals surface area contributed by atoms with E-state index in [0.29, 0.717) is 5.56 Å². The standard InChI is InChI=1S/C15H24N2O2/c1-11(2)14(10-18)17-15(19)13-7-5-4-6-12(13)8-9-16-3/h4-7,11,14,16,18H,8-10H2,1-3H3,(H,17,19). The lowest BCUT2D eigenvalue weighted by molar-refractivity contribution is 0.0896. The molecule has 3 N–H and O–H groups in total. The van der Waals surface area contributed by atoms with E-state index < -0.39 is 0 Å². The van der Waals surface area contributed by atoms with Crippen LogP contribution in [-0.4, -0.2) is 37.3 Å². The van der Waals surface area contributed by atoms with Crippen molar-refractivity contribution in [1.29, 1.82) is 0 Å². The summed E-state index contributed by atoms with van der Waals surface area (Å²) in [5.74, 6) is 0.0953. The van der Waals surface area contributed by atoms with Gasteiger partial charge in [0.1, 0.15) is 0 Å². The predicted molar refractivity (Wildman–Crippen MR) is 77.3 cm³/mol. The molecule has 0 aliphatic heterocycles. The zero-order valence-electron chi connectivity index (χ0n) is 11.9. The average Bonchev–Trinajstić information content (AvgIpc) is 2.42. The summed E-state index contributed by atoms with van der Waals surface area (Å²) in [6, 6.07) is 7.39. The molecule has 1 aromatic carbocycles. The highest BCUT2D eigenvalue weighted by atomic mass is 16.3. The summed E-state index contributed by atoms with van der Waals surface area (Å²) in [6.45, 7) is 4.75. The summed E-state index contributed by atoms with van der Waals surface area (Å²) in [5, 5.41) is 15.2. The van der Waals surface area contributed by atoms with Crippen molar-refractivity contribution in [1.82, 2.24) is 10.6 Å². The number of rotatable bonds is 7. The Bertz CT molecular complexity index is 405. The number of nitrogens with one attached hydrogen (secondary N) is 2. The second kappa shape index (κ2) is 7.92. The number of likely N-dealkylation sites (N-methyl/N-ethyl adjacent to an activating group) is 1. The summed E-state index contributed by atoms with van der Waals surface area (Å²) < 4.78 is 0. The van der Waals surface area contributed by atoms with Gasteiger partial charge in [-0.2, -0.15) is 0 Å². The molecule has 0 bridgehead atoms. The fraction of sp³-hybridized carbons (Fsp3) is 0.533. The third-order valence-corrected chi connectivity index (χ3v) is 3.22. The second-order valence-corrected chi connectivity index (χ2v) is 5.02.